The predicted octanol–water partition coefficient (Wildman–Crippen LogP) is 5.30. The van der Waals surface area contributed by atoms with Crippen LogP contribution in [0.3, 0.4) is 0 Å². The van der Waals surface area contributed by atoms with Crippen LogP contribution in [0.4, 0.5) is 5.69 Å². The fraction of sp³-hybridized carbons (Fsp3) is 0.269. The summed E-state index contributed by atoms with van der Waals surface area (Å²) < 4.78 is 33.6. The van der Waals surface area contributed by atoms with Crippen molar-refractivity contribution >= 4 is 21.6 Å². The molecule has 3 rings (SSSR count). The zero-order valence-corrected chi connectivity index (χ0v) is 20.4. The molecule has 0 fully saturated rings. The molecule has 0 radical (unpaired) electrons. The van der Waals surface area contributed by atoms with Gasteiger partial charge in [0, 0.05) is 5.56 Å². The third-order valence-electron chi connectivity index (χ3n) is 5.69. The van der Waals surface area contributed by atoms with Crippen molar-refractivity contribution in [2.45, 2.75) is 45.1 Å². The maximum atomic E-state index is 13.1. The van der Waals surface area contributed by atoms with E-state index in [1.54, 1.807) is 56.5 Å². The van der Waals surface area contributed by atoms with E-state index in [1.165, 1.54) is 0 Å². The van der Waals surface area contributed by atoms with Crippen LogP contribution in [0, 0.1) is 20.8 Å². The summed E-state index contributed by atoms with van der Waals surface area (Å²) in [7, 11) is -2.14. The number of nitrogens with one attached hydrogen (secondary N) is 2. The quantitative estimate of drug-likeness (QED) is 0.472. The van der Waals surface area contributed by atoms with Gasteiger partial charge in [0.05, 0.1) is 23.7 Å². The number of carbonyl (C=O) groups excluding carboxylic acids is 1. The summed E-state index contributed by atoms with van der Waals surface area (Å²) in [6, 6.07) is 17.3. The smallest absolute Gasteiger partial charge is 0.261 e. The second-order valence-electron chi connectivity index (χ2n) is 8.06. The summed E-state index contributed by atoms with van der Waals surface area (Å²) in [4.78, 5) is 13.3. The summed E-state index contributed by atoms with van der Waals surface area (Å²) in [5.74, 6) is 0.536. The third-order valence-corrected chi connectivity index (χ3v) is 7.07. The molecule has 0 saturated carbocycles. The second kappa shape index (κ2) is 10.1. The molecule has 174 valence electrons. The monoisotopic (exact) mass is 466 g/mol. The largest absolute Gasteiger partial charge is 0.496 e. The molecule has 0 spiro atoms. The van der Waals surface area contributed by atoms with E-state index in [0.29, 0.717) is 23.2 Å². The van der Waals surface area contributed by atoms with Crippen molar-refractivity contribution in [1.82, 2.24) is 5.32 Å². The number of carbonyl (C=O) groups is 1. The molecule has 1 amide bonds. The van der Waals surface area contributed by atoms with E-state index in [4.69, 9.17) is 4.74 Å². The first-order valence-electron chi connectivity index (χ1n) is 10.8. The molecule has 0 aromatic heterocycles. The SMILES string of the molecule is CCC(NC(=O)c1cccc(NS(=O)(=O)c2ccc(C)cc2)c1C)c1ccc(OC)c(C)c1. The molecule has 3 aromatic rings. The second-order valence-corrected chi connectivity index (χ2v) is 9.74. The summed E-state index contributed by atoms with van der Waals surface area (Å²) in [6.45, 7) is 7.60. The number of ether oxygens (including phenoxy) is 1. The van der Waals surface area contributed by atoms with Crippen LogP contribution in [-0.4, -0.2) is 21.4 Å². The molecule has 1 atom stereocenters. The third kappa shape index (κ3) is 5.54. The Morgan fingerprint density at radius 2 is 1.70 bits per heavy atom. The van der Waals surface area contributed by atoms with Crippen molar-refractivity contribution in [3.05, 3.63) is 88.5 Å². The molecule has 0 aliphatic rings. The van der Waals surface area contributed by atoms with Gasteiger partial charge >= 0.3 is 0 Å². The van der Waals surface area contributed by atoms with Crippen molar-refractivity contribution in [2.24, 2.45) is 0 Å². The molecule has 1 unspecified atom stereocenters. The zero-order chi connectivity index (χ0) is 24.2. The molecule has 0 heterocycles. The topological polar surface area (TPSA) is 84.5 Å². The molecular weight excluding hydrogens is 436 g/mol. The van der Waals surface area contributed by atoms with Gasteiger partial charge in [0.1, 0.15) is 5.75 Å². The van der Waals surface area contributed by atoms with Crippen molar-refractivity contribution in [2.75, 3.05) is 11.8 Å². The Morgan fingerprint density at radius 1 is 1.00 bits per heavy atom. The zero-order valence-electron chi connectivity index (χ0n) is 19.6. The molecule has 0 saturated heterocycles. The molecule has 3 aromatic carbocycles. The first kappa shape index (κ1) is 24.3. The van der Waals surface area contributed by atoms with Gasteiger partial charge in [-0.15, -0.1) is 0 Å². The number of hydrogen-bond acceptors (Lipinski definition) is 4. The Bertz CT molecular complexity index is 1250. The van der Waals surface area contributed by atoms with Gasteiger partial charge in [0.2, 0.25) is 0 Å². The van der Waals surface area contributed by atoms with E-state index < -0.39 is 10.0 Å². The maximum absolute atomic E-state index is 13.1. The van der Waals surface area contributed by atoms with E-state index in [9.17, 15) is 13.2 Å². The lowest BCUT2D eigenvalue weighted by atomic mass is 10.00. The Labute approximate surface area is 196 Å². The summed E-state index contributed by atoms with van der Waals surface area (Å²) in [5, 5.41) is 3.08. The van der Waals surface area contributed by atoms with Gasteiger partial charge in [-0.25, -0.2) is 8.42 Å². The lowest BCUT2D eigenvalue weighted by molar-refractivity contribution is 0.0935. The molecule has 7 heteroatoms. The van der Waals surface area contributed by atoms with E-state index in [2.05, 4.69) is 10.0 Å². The summed E-state index contributed by atoms with van der Waals surface area (Å²) in [5.41, 5.74) is 4.30. The number of aryl methyl sites for hydroxylation is 2. The summed E-state index contributed by atoms with van der Waals surface area (Å²) in [6.07, 6.45) is 0.705. The van der Waals surface area contributed by atoms with Gasteiger partial charge in [0.15, 0.2) is 0 Å². The molecule has 2 N–H and O–H groups in total. The Morgan fingerprint density at radius 3 is 2.30 bits per heavy atom. The Kier molecular flexibility index (Phi) is 7.43. The highest BCUT2D eigenvalue weighted by Crippen LogP contribution is 2.26. The van der Waals surface area contributed by atoms with Gasteiger partial charge in [-0.2, -0.15) is 0 Å². The van der Waals surface area contributed by atoms with Crippen molar-refractivity contribution in [1.29, 1.82) is 0 Å². The summed E-state index contributed by atoms with van der Waals surface area (Å²) >= 11 is 0. The average Bonchev–Trinajstić information content (AvgIpc) is 2.78. The Balaban J connectivity index is 1.83. The lowest BCUT2D eigenvalue weighted by Gasteiger charge is -2.20. The van der Waals surface area contributed by atoms with Crippen LogP contribution in [0.2, 0.25) is 0 Å². The van der Waals surface area contributed by atoms with Crippen molar-refractivity contribution in [3.63, 3.8) is 0 Å². The lowest BCUT2D eigenvalue weighted by Crippen LogP contribution is -2.29. The molecular formula is C26H30N2O4S. The maximum Gasteiger partial charge on any atom is 0.261 e. The van der Waals surface area contributed by atoms with Crippen LogP contribution in [0.25, 0.3) is 0 Å². The standard InChI is InChI=1S/C26H30N2O4S/c1-6-23(20-12-15-25(32-5)18(3)16-20)27-26(29)22-8-7-9-24(19(22)4)28-33(30,31)21-13-10-17(2)11-14-21/h7-16,23,28H,6H2,1-5H3,(H,27,29). The first-order valence-corrected chi connectivity index (χ1v) is 12.3. The molecule has 0 bridgehead atoms. The minimum absolute atomic E-state index is 0.170. The van der Waals surface area contributed by atoms with E-state index >= 15 is 0 Å². The van der Waals surface area contributed by atoms with Crippen LogP contribution < -0.4 is 14.8 Å². The minimum atomic E-state index is -3.77. The van der Waals surface area contributed by atoms with Gasteiger partial charge in [-0.3, -0.25) is 9.52 Å². The van der Waals surface area contributed by atoms with Crippen molar-refractivity contribution < 1.29 is 17.9 Å². The fourth-order valence-corrected chi connectivity index (χ4v) is 4.81. The van der Waals surface area contributed by atoms with Crippen LogP contribution in [0.1, 0.15) is 52.0 Å². The molecule has 0 aliphatic carbocycles. The van der Waals surface area contributed by atoms with Gasteiger partial charge in [0.25, 0.3) is 15.9 Å². The number of methoxy groups -OCH3 is 1. The van der Waals surface area contributed by atoms with Crippen LogP contribution >= 0.6 is 0 Å². The van der Waals surface area contributed by atoms with Gasteiger partial charge < -0.3 is 10.1 Å². The van der Waals surface area contributed by atoms with Gasteiger partial charge in [-0.1, -0.05) is 42.8 Å². The highest BCUT2D eigenvalue weighted by Gasteiger charge is 2.20. The highest BCUT2D eigenvalue weighted by molar-refractivity contribution is 7.92. The molecule has 0 aliphatic heterocycles. The number of anilines is 1. The number of benzene rings is 3. The normalized spacial score (nSPS) is 12.2. The van der Waals surface area contributed by atoms with E-state index in [-0.39, 0.29) is 16.8 Å². The first-order chi connectivity index (χ1) is 15.7. The van der Waals surface area contributed by atoms with Crippen LogP contribution in [0.5, 0.6) is 5.75 Å². The highest BCUT2D eigenvalue weighted by atomic mass is 32.2. The van der Waals surface area contributed by atoms with Crippen LogP contribution in [0.15, 0.2) is 65.6 Å². The van der Waals surface area contributed by atoms with E-state index in [0.717, 1.165) is 22.4 Å². The molecule has 6 nitrogen and oxygen atoms in total. The number of sulfonamides is 1. The van der Waals surface area contributed by atoms with Crippen molar-refractivity contribution in [3.8, 4) is 5.75 Å². The van der Waals surface area contributed by atoms with Gasteiger partial charge in [-0.05, 0) is 74.2 Å². The van der Waals surface area contributed by atoms with E-state index in [1.807, 2.05) is 39.0 Å². The predicted molar refractivity (Wildman–Crippen MR) is 131 cm³/mol. The molecule has 33 heavy (non-hydrogen) atoms. The minimum Gasteiger partial charge on any atom is -0.496 e. The van der Waals surface area contributed by atoms with Crippen LogP contribution in [-0.2, 0) is 10.0 Å². The number of rotatable bonds is 8. The number of amides is 1. The average molecular weight is 467 g/mol. The number of hydrogen-bond donors (Lipinski definition) is 2. The Hall–Kier alpha value is -3.32. The fourth-order valence-electron chi connectivity index (χ4n) is 3.69.